The number of nitrogen functional groups attached to an aromatic ring is 1. The zero-order chi connectivity index (χ0) is 11.3. The summed E-state index contributed by atoms with van der Waals surface area (Å²) in [5.41, 5.74) is 6.63. The lowest BCUT2D eigenvalue weighted by atomic mass is 10.2. The fraction of sp³-hybridized carbons (Fsp3) is 0.400. The highest BCUT2D eigenvalue weighted by Crippen LogP contribution is 2.15. The van der Waals surface area contributed by atoms with Crippen LogP contribution in [0.25, 0.3) is 0 Å². The lowest BCUT2D eigenvalue weighted by Crippen LogP contribution is -2.19. The molecule has 0 fully saturated rings. The Balaban J connectivity index is 2.67. The van der Waals surface area contributed by atoms with Crippen molar-refractivity contribution in [2.24, 2.45) is 0 Å². The van der Waals surface area contributed by atoms with Crippen LogP contribution >= 0.6 is 0 Å². The van der Waals surface area contributed by atoms with Crippen LogP contribution in [0.2, 0.25) is 0 Å². The molecule has 1 rings (SSSR count). The van der Waals surface area contributed by atoms with Gasteiger partial charge < -0.3 is 15.8 Å². The van der Waals surface area contributed by atoms with E-state index in [1.807, 2.05) is 13.0 Å². The summed E-state index contributed by atoms with van der Waals surface area (Å²) < 4.78 is 5.07. The number of nitriles is 1. The van der Waals surface area contributed by atoms with E-state index in [4.69, 9.17) is 15.7 Å². The highest BCUT2D eigenvalue weighted by molar-refractivity contribution is 5.63. The van der Waals surface area contributed by atoms with Gasteiger partial charge in [0.05, 0.1) is 17.4 Å². The van der Waals surface area contributed by atoms with E-state index in [2.05, 4.69) is 10.3 Å². The molecule has 5 nitrogen and oxygen atoms in total. The van der Waals surface area contributed by atoms with Crippen LogP contribution in [-0.4, -0.2) is 24.7 Å². The lowest BCUT2D eigenvalue weighted by Gasteiger charge is -2.12. The molecule has 0 aliphatic heterocycles. The Morgan fingerprint density at radius 3 is 3.00 bits per heavy atom. The molecule has 1 unspecified atom stereocenters. The number of anilines is 2. The first-order valence-corrected chi connectivity index (χ1v) is 4.59. The number of hydrogen-bond donors (Lipinski definition) is 2. The number of hydrogen-bond acceptors (Lipinski definition) is 5. The number of nitrogens with two attached hydrogens (primary N) is 1. The van der Waals surface area contributed by atoms with Crippen LogP contribution in [0.4, 0.5) is 11.5 Å². The van der Waals surface area contributed by atoms with E-state index in [-0.39, 0.29) is 6.10 Å². The standard InChI is InChI=1S/C10H14N4O/c1-7(15-2)5-13-10-9(12)3-8(4-11)6-14-10/h3,6-7H,5,12H2,1-2H3,(H,13,14). The summed E-state index contributed by atoms with van der Waals surface area (Å²) in [5.74, 6) is 0.581. The number of nitrogens with one attached hydrogen (secondary N) is 1. The fourth-order valence-electron chi connectivity index (χ4n) is 1.01. The topological polar surface area (TPSA) is 84.0 Å². The van der Waals surface area contributed by atoms with Gasteiger partial charge in [0, 0.05) is 19.9 Å². The first-order chi connectivity index (χ1) is 7.17. The van der Waals surface area contributed by atoms with Gasteiger partial charge in [-0.3, -0.25) is 0 Å². The van der Waals surface area contributed by atoms with Crippen molar-refractivity contribution in [1.29, 1.82) is 5.26 Å². The monoisotopic (exact) mass is 206 g/mol. The van der Waals surface area contributed by atoms with Crippen molar-refractivity contribution in [2.75, 3.05) is 24.7 Å². The molecular weight excluding hydrogens is 192 g/mol. The molecule has 0 spiro atoms. The van der Waals surface area contributed by atoms with Crippen molar-refractivity contribution in [3.63, 3.8) is 0 Å². The van der Waals surface area contributed by atoms with Crippen molar-refractivity contribution >= 4 is 11.5 Å². The number of pyridine rings is 1. The van der Waals surface area contributed by atoms with Crippen molar-refractivity contribution in [3.05, 3.63) is 17.8 Å². The summed E-state index contributed by atoms with van der Waals surface area (Å²) in [7, 11) is 1.64. The maximum absolute atomic E-state index is 8.62. The minimum Gasteiger partial charge on any atom is -0.396 e. The second-order valence-electron chi connectivity index (χ2n) is 3.20. The molecule has 0 aliphatic rings. The SMILES string of the molecule is COC(C)CNc1ncc(C#N)cc1N. The van der Waals surface area contributed by atoms with E-state index >= 15 is 0 Å². The Kier molecular flexibility index (Phi) is 3.89. The number of nitrogens with zero attached hydrogens (tertiary/aromatic N) is 2. The Morgan fingerprint density at radius 1 is 1.73 bits per heavy atom. The van der Waals surface area contributed by atoms with Gasteiger partial charge in [0.25, 0.3) is 0 Å². The molecule has 0 radical (unpaired) electrons. The number of methoxy groups -OCH3 is 1. The Labute approximate surface area is 88.9 Å². The summed E-state index contributed by atoms with van der Waals surface area (Å²) in [5, 5.41) is 11.7. The Bertz CT molecular complexity index is 372. The maximum atomic E-state index is 8.62. The average Bonchev–Trinajstić information content (AvgIpc) is 2.26. The van der Waals surface area contributed by atoms with Gasteiger partial charge in [-0.1, -0.05) is 0 Å². The minimum atomic E-state index is 0.0850. The molecule has 0 saturated carbocycles. The van der Waals surface area contributed by atoms with Gasteiger partial charge in [-0.2, -0.15) is 5.26 Å². The molecule has 15 heavy (non-hydrogen) atoms. The van der Waals surface area contributed by atoms with E-state index in [9.17, 15) is 0 Å². The van der Waals surface area contributed by atoms with Gasteiger partial charge in [0.15, 0.2) is 0 Å². The van der Waals surface area contributed by atoms with Crippen LogP contribution in [0.15, 0.2) is 12.3 Å². The van der Waals surface area contributed by atoms with Crippen LogP contribution in [0, 0.1) is 11.3 Å². The third kappa shape index (κ3) is 3.11. The van der Waals surface area contributed by atoms with E-state index in [1.54, 1.807) is 13.2 Å². The van der Waals surface area contributed by atoms with Crippen LogP contribution in [0.5, 0.6) is 0 Å². The summed E-state index contributed by atoms with van der Waals surface area (Å²) in [6, 6.07) is 3.57. The second kappa shape index (κ2) is 5.17. The first kappa shape index (κ1) is 11.3. The second-order valence-corrected chi connectivity index (χ2v) is 3.20. The van der Waals surface area contributed by atoms with Crippen molar-refractivity contribution in [3.8, 4) is 6.07 Å². The van der Waals surface area contributed by atoms with E-state index in [1.165, 1.54) is 6.20 Å². The zero-order valence-corrected chi connectivity index (χ0v) is 8.82. The van der Waals surface area contributed by atoms with Gasteiger partial charge in [-0.15, -0.1) is 0 Å². The molecule has 80 valence electrons. The number of rotatable bonds is 4. The summed E-state index contributed by atoms with van der Waals surface area (Å²) in [6.45, 7) is 2.56. The quantitative estimate of drug-likeness (QED) is 0.767. The van der Waals surface area contributed by atoms with Gasteiger partial charge in [0.1, 0.15) is 11.9 Å². The highest BCUT2D eigenvalue weighted by Gasteiger charge is 2.04. The van der Waals surface area contributed by atoms with E-state index < -0.39 is 0 Å². The minimum absolute atomic E-state index is 0.0850. The number of aromatic nitrogens is 1. The fourth-order valence-corrected chi connectivity index (χ4v) is 1.01. The van der Waals surface area contributed by atoms with Crippen molar-refractivity contribution in [2.45, 2.75) is 13.0 Å². The molecule has 0 aliphatic carbocycles. The molecular formula is C10H14N4O. The summed E-state index contributed by atoms with van der Waals surface area (Å²) in [6.07, 6.45) is 1.57. The predicted molar refractivity (Wildman–Crippen MR) is 58.3 cm³/mol. The normalized spacial score (nSPS) is 11.8. The Hall–Kier alpha value is -1.80. The first-order valence-electron chi connectivity index (χ1n) is 4.59. The largest absolute Gasteiger partial charge is 0.396 e. The molecule has 1 heterocycles. The third-order valence-corrected chi connectivity index (χ3v) is 2.01. The highest BCUT2D eigenvalue weighted by atomic mass is 16.5. The van der Waals surface area contributed by atoms with E-state index in [0.29, 0.717) is 23.6 Å². The molecule has 0 bridgehead atoms. The maximum Gasteiger partial charge on any atom is 0.149 e. The molecule has 1 aromatic rings. The Morgan fingerprint density at radius 2 is 2.47 bits per heavy atom. The summed E-state index contributed by atoms with van der Waals surface area (Å²) in [4.78, 5) is 4.04. The van der Waals surface area contributed by atoms with E-state index in [0.717, 1.165) is 0 Å². The van der Waals surface area contributed by atoms with Gasteiger partial charge in [-0.05, 0) is 13.0 Å². The smallest absolute Gasteiger partial charge is 0.149 e. The summed E-state index contributed by atoms with van der Waals surface area (Å²) >= 11 is 0. The molecule has 5 heteroatoms. The van der Waals surface area contributed by atoms with Crippen LogP contribution in [0.3, 0.4) is 0 Å². The zero-order valence-electron chi connectivity index (χ0n) is 8.82. The van der Waals surface area contributed by atoms with Crippen molar-refractivity contribution in [1.82, 2.24) is 4.98 Å². The molecule has 1 atom stereocenters. The van der Waals surface area contributed by atoms with Crippen molar-refractivity contribution < 1.29 is 4.74 Å². The van der Waals surface area contributed by atoms with Crippen LogP contribution < -0.4 is 11.1 Å². The molecule has 3 N–H and O–H groups in total. The molecule has 0 aromatic carbocycles. The molecule has 1 aromatic heterocycles. The lowest BCUT2D eigenvalue weighted by molar-refractivity contribution is 0.128. The van der Waals surface area contributed by atoms with Crippen LogP contribution in [0.1, 0.15) is 12.5 Å². The van der Waals surface area contributed by atoms with Gasteiger partial charge in [0.2, 0.25) is 0 Å². The van der Waals surface area contributed by atoms with Gasteiger partial charge in [-0.25, -0.2) is 4.98 Å². The average molecular weight is 206 g/mol. The predicted octanol–water partition coefficient (Wildman–Crippen LogP) is 0.982. The molecule has 0 amide bonds. The third-order valence-electron chi connectivity index (χ3n) is 2.01. The molecule has 0 saturated heterocycles. The number of ether oxygens (including phenoxy) is 1. The van der Waals surface area contributed by atoms with Gasteiger partial charge >= 0.3 is 0 Å². The van der Waals surface area contributed by atoms with Crippen LogP contribution in [-0.2, 0) is 4.74 Å².